The molecule has 0 saturated carbocycles. The Labute approximate surface area is 191 Å². The lowest BCUT2D eigenvalue weighted by atomic mass is 10.1. The lowest BCUT2D eigenvalue weighted by Gasteiger charge is -2.25. The zero-order valence-corrected chi connectivity index (χ0v) is 18.1. The van der Waals surface area contributed by atoms with E-state index < -0.39 is 35.7 Å². The zero-order valence-electron chi connectivity index (χ0n) is 18.1. The summed E-state index contributed by atoms with van der Waals surface area (Å²) in [5, 5.41) is 22.5. The predicted molar refractivity (Wildman–Crippen MR) is 118 cm³/mol. The van der Waals surface area contributed by atoms with Crippen LogP contribution < -0.4 is 5.32 Å². The van der Waals surface area contributed by atoms with Crippen LogP contribution in [0.15, 0.2) is 54.6 Å². The largest absolute Gasteiger partial charge is 0.383 e. The van der Waals surface area contributed by atoms with Crippen LogP contribution in [0, 0.1) is 23.1 Å². The number of carbonyl (C=O) groups excluding carboxylic acids is 3. The van der Waals surface area contributed by atoms with Gasteiger partial charge in [-0.25, -0.2) is 4.39 Å². The van der Waals surface area contributed by atoms with Gasteiger partial charge in [-0.15, -0.1) is 0 Å². The van der Waals surface area contributed by atoms with Crippen LogP contribution in [0.25, 0.3) is 0 Å². The van der Waals surface area contributed by atoms with Crippen molar-refractivity contribution in [2.75, 3.05) is 25.5 Å². The molecule has 8 nitrogen and oxygen atoms in total. The van der Waals surface area contributed by atoms with Gasteiger partial charge in [-0.3, -0.25) is 14.4 Å². The summed E-state index contributed by atoms with van der Waals surface area (Å²) in [7, 11) is 1.38. The number of likely N-dealkylation sites (N-methyl/N-ethyl adjacent to an activating group) is 1. The summed E-state index contributed by atoms with van der Waals surface area (Å²) in [4.78, 5) is 40.3. The first-order valence-corrected chi connectivity index (χ1v) is 10.5. The van der Waals surface area contributed by atoms with Crippen molar-refractivity contribution in [3.05, 3.63) is 66.0 Å². The standard InChI is InChI=1S/C24H25FN4O4/c1-28(24(33)21(30)11-16-7-9-18(25)10-8-16)15-22(31)29-14-17(12-20(29)13-26)23(32)27-19-5-3-2-4-6-19/h2-10,17,20-21,30H,11-12,14-15H2,1H3,(H,27,32). The van der Waals surface area contributed by atoms with E-state index in [1.807, 2.05) is 12.1 Å². The van der Waals surface area contributed by atoms with Crippen LogP contribution in [0.4, 0.5) is 10.1 Å². The van der Waals surface area contributed by atoms with Crippen molar-refractivity contribution in [3.8, 4) is 6.07 Å². The minimum atomic E-state index is -1.40. The van der Waals surface area contributed by atoms with Crippen LogP contribution in [0.5, 0.6) is 0 Å². The number of aliphatic hydroxyl groups excluding tert-OH is 1. The average Bonchev–Trinajstić information content (AvgIpc) is 3.25. The van der Waals surface area contributed by atoms with Gasteiger partial charge in [-0.2, -0.15) is 5.26 Å². The molecule has 0 spiro atoms. The van der Waals surface area contributed by atoms with Crippen molar-refractivity contribution >= 4 is 23.4 Å². The molecule has 172 valence electrons. The van der Waals surface area contributed by atoms with Gasteiger partial charge >= 0.3 is 0 Å². The summed E-state index contributed by atoms with van der Waals surface area (Å²) in [5.74, 6) is -2.41. The van der Waals surface area contributed by atoms with Crippen molar-refractivity contribution in [2.45, 2.75) is 25.0 Å². The predicted octanol–water partition coefficient (Wildman–Crippen LogP) is 1.57. The fraction of sp³-hybridized carbons (Fsp3) is 0.333. The van der Waals surface area contributed by atoms with E-state index in [0.29, 0.717) is 11.3 Å². The number of hydrogen-bond acceptors (Lipinski definition) is 5. The minimum absolute atomic E-state index is 0.0239. The smallest absolute Gasteiger partial charge is 0.251 e. The van der Waals surface area contributed by atoms with Gasteiger partial charge in [0.05, 0.1) is 18.5 Å². The number of carbonyl (C=O) groups is 3. The number of nitriles is 1. The number of para-hydroxylation sites is 1. The van der Waals surface area contributed by atoms with Gasteiger partial charge in [0.2, 0.25) is 11.8 Å². The molecule has 3 rings (SSSR count). The molecule has 0 bridgehead atoms. The van der Waals surface area contributed by atoms with Crippen molar-refractivity contribution in [2.24, 2.45) is 5.92 Å². The van der Waals surface area contributed by atoms with Gasteiger partial charge in [-0.1, -0.05) is 30.3 Å². The Balaban J connectivity index is 1.56. The summed E-state index contributed by atoms with van der Waals surface area (Å²) in [6.07, 6.45) is -1.22. The van der Waals surface area contributed by atoms with E-state index in [2.05, 4.69) is 5.32 Å². The molecule has 3 amide bonds. The summed E-state index contributed by atoms with van der Waals surface area (Å²) in [5.41, 5.74) is 1.20. The lowest BCUT2D eigenvalue weighted by Crippen LogP contribution is -2.46. The maximum atomic E-state index is 13.0. The Kier molecular flexibility index (Phi) is 7.74. The third-order valence-corrected chi connectivity index (χ3v) is 5.56. The second-order valence-corrected chi connectivity index (χ2v) is 8.02. The van der Waals surface area contributed by atoms with Crippen LogP contribution in [-0.4, -0.2) is 64.9 Å². The highest BCUT2D eigenvalue weighted by molar-refractivity contribution is 5.94. The number of aliphatic hydroxyl groups is 1. The molecule has 1 aliphatic heterocycles. The number of nitrogens with one attached hydrogen (secondary N) is 1. The third-order valence-electron chi connectivity index (χ3n) is 5.56. The van der Waals surface area contributed by atoms with Gasteiger partial charge < -0.3 is 20.2 Å². The Morgan fingerprint density at radius 1 is 1.21 bits per heavy atom. The summed E-state index contributed by atoms with van der Waals surface area (Å²) in [6.45, 7) is -0.277. The number of benzene rings is 2. The highest BCUT2D eigenvalue weighted by atomic mass is 19.1. The van der Waals surface area contributed by atoms with E-state index in [9.17, 15) is 29.1 Å². The molecule has 1 fully saturated rings. The number of nitrogens with zero attached hydrogens (tertiary/aromatic N) is 3. The molecule has 3 unspecified atom stereocenters. The van der Waals surface area contributed by atoms with Crippen LogP contribution in [0.3, 0.4) is 0 Å². The number of halogens is 1. The summed E-state index contributed by atoms with van der Waals surface area (Å²) < 4.78 is 13.0. The van der Waals surface area contributed by atoms with E-state index >= 15 is 0 Å². The molecule has 1 saturated heterocycles. The summed E-state index contributed by atoms with van der Waals surface area (Å²) >= 11 is 0. The number of likely N-dealkylation sites (tertiary alicyclic amines) is 1. The highest BCUT2D eigenvalue weighted by Gasteiger charge is 2.39. The highest BCUT2D eigenvalue weighted by Crippen LogP contribution is 2.25. The Morgan fingerprint density at radius 2 is 1.88 bits per heavy atom. The molecule has 2 aromatic carbocycles. The maximum Gasteiger partial charge on any atom is 0.251 e. The second-order valence-electron chi connectivity index (χ2n) is 8.02. The monoisotopic (exact) mass is 452 g/mol. The molecule has 0 aliphatic carbocycles. The number of amides is 3. The summed E-state index contributed by atoms with van der Waals surface area (Å²) in [6, 6.07) is 15.6. The molecular weight excluding hydrogens is 427 g/mol. The van der Waals surface area contributed by atoms with Gasteiger partial charge in [-0.05, 0) is 36.2 Å². The number of hydrogen-bond donors (Lipinski definition) is 2. The second kappa shape index (κ2) is 10.7. The van der Waals surface area contributed by atoms with E-state index in [0.717, 1.165) is 4.90 Å². The first-order chi connectivity index (χ1) is 15.8. The Morgan fingerprint density at radius 3 is 2.52 bits per heavy atom. The number of rotatable bonds is 7. The van der Waals surface area contributed by atoms with Gasteiger partial charge in [0.25, 0.3) is 5.91 Å². The van der Waals surface area contributed by atoms with Crippen LogP contribution in [0.1, 0.15) is 12.0 Å². The quantitative estimate of drug-likeness (QED) is 0.662. The topological polar surface area (TPSA) is 114 Å². The van der Waals surface area contributed by atoms with E-state index in [4.69, 9.17) is 0 Å². The molecule has 2 aromatic rings. The average molecular weight is 452 g/mol. The fourth-order valence-electron chi connectivity index (χ4n) is 3.75. The first kappa shape index (κ1) is 23.9. The molecule has 2 N–H and O–H groups in total. The molecule has 1 aliphatic rings. The molecular formula is C24H25FN4O4. The molecule has 3 atom stereocenters. The van der Waals surface area contributed by atoms with Crippen LogP contribution in [-0.2, 0) is 20.8 Å². The zero-order chi connectivity index (χ0) is 24.0. The van der Waals surface area contributed by atoms with E-state index in [-0.39, 0.29) is 31.8 Å². The van der Waals surface area contributed by atoms with Crippen LogP contribution in [0.2, 0.25) is 0 Å². The van der Waals surface area contributed by atoms with E-state index in [1.165, 1.54) is 36.2 Å². The molecule has 0 radical (unpaired) electrons. The molecule has 0 aromatic heterocycles. The normalized spacial score (nSPS) is 18.3. The fourth-order valence-corrected chi connectivity index (χ4v) is 3.75. The minimum Gasteiger partial charge on any atom is -0.383 e. The third kappa shape index (κ3) is 6.14. The van der Waals surface area contributed by atoms with E-state index in [1.54, 1.807) is 24.3 Å². The van der Waals surface area contributed by atoms with Gasteiger partial charge in [0.15, 0.2) is 0 Å². The SMILES string of the molecule is CN(CC(=O)N1CC(C(=O)Nc2ccccc2)CC1C#N)C(=O)C(O)Cc1ccc(F)cc1. The van der Waals surface area contributed by atoms with Crippen molar-refractivity contribution in [3.63, 3.8) is 0 Å². The molecule has 9 heteroatoms. The van der Waals surface area contributed by atoms with Gasteiger partial charge in [0.1, 0.15) is 18.0 Å². The number of anilines is 1. The lowest BCUT2D eigenvalue weighted by molar-refractivity contribution is -0.144. The molecule has 33 heavy (non-hydrogen) atoms. The molecule has 1 heterocycles. The maximum absolute atomic E-state index is 13.0. The van der Waals surface area contributed by atoms with Crippen LogP contribution >= 0.6 is 0 Å². The van der Waals surface area contributed by atoms with Gasteiger partial charge in [0, 0.05) is 25.7 Å². The Hall–Kier alpha value is -3.77. The Bertz CT molecular complexity index is 1040. The van der Waals surface area contributed by atoms with Crippen molar-refractivity contribution < 1.29 is 23.9 Å². The van der Waals surface area contributed by atoms with Crippen molar-refractivity contribution in [1.82, 2.24) is 9.80 Å². The van der Waals surface area contributed by atoms with Crippen molar-refractivity contribution in [1.29, 1.82) is 5.26 Å². The first-order valence-electron chi connectivity index (χ1n) is 10.5.